The third kappa shape index (κ3) is 3.19. The Morgan fingerprint density at radius 1 is 0.889 bits per heavy atom. The molecule has 0 fully saturated rings. The highest BCUT2D eigenvalue weighted by atomic mass is 14.3. The molecule has 0 atom stereocenters. The maximum Gasteiger partial charge on any atom is 0.154 e. The minimum atomic E-state index is 0.228. The topological polar surface area (TPSA) is 0 Å². The van der Waals surface area contributed by atoms with Crippen molar-refractivity contribution in [1.29, 1.82) is 0 Å². The van der Waals surface area contributed by atoms with Gasteiger partial charge < -0.3 is 0 Å². The zero-order valence-corrected chi connectivity index (χ0v) is 13.5. The molecule has 0 amide bonds. The average molecular weight is 244 g/mol. The summed E-state index contributed by atoms with van der Waals surface area (Å²) in [6, 6.07) is 4.86. The zero-order chi connectivity index (χ0) is 14.1. The smallest absolute Gasteiger partial charge is 0.0849 e. The second-order valence-electron chi connectivity index (χ2n) is 7.06. The number of rotatable bonds is 3. The molecule has 1 heteroatoms. The molecule has 0 saturated carbocycles. The predicted octanol–water partition coefficient (Wildman–Crippen LogP) is 4.34. The molecule has 0 aromatic heterocycles. The van der Waals surface area contributed by atoms with Crippen molar-refractivity contribution in [3.05, 3.63) is 28.8 Å². The van der Waals surface area contributed by atoms with Gasteiger partial charge in [-0.3, -0.25) is 0 Å². The molecule has 0 aliphatic carbocycles. The molecule has 0 nitrogen and oxygen atoms in total. The van der Waals surface area contributed by atoms with Crippen LogP contribution < -0.4 is 5.46 Å². The molecule has 0 bridgehead atoms. The molecule has 0 heterocycles. The van der Waals surface area contributed by atoms with Crippen LogP contribution in [0.15, 0.2) is 12.1 Å². The van der Waals surface area contributed by atoms with Crippen LogP contribution in [0.3, 0.4) is 0 Å². The van der Waals surface area contributed by atoms with Gasteiger partial charge in [-0.15, -0.1) is 0 Å². The van der Waals surface area contributed by atoms with E-state index in [4.69, 9.17) is 0 Å². The van der Waals surface area contributed by atoms with Crippen molar-refractivity contribution in [2.24, 2.45) is 0 Å². The van der Waals surface area contributed by atoms with Crippen LogP contribution in [0.1, 0.15) is 77.0 Å². The molecule has 0 unspecified atom stereocenters. The van der Waals surface area contributed by atoms with Crippen LogP contribution in [0.5, 0.6) is 0 Å². The molecule has 0 spiro atoms. The summed E-state index contributed by atoms with van der Waals surface area (Å²) in [5.41, 5.74) is 6.38. The van der Waals surface area contributed by atoms with E-state index >= 15 is 0 Å². The quantitative estimate of drug-likeness (QED) is 0.694. The summed E-state index contributed by atoms with van der Waals surface area (Å²) >= 11 is 0. The van der Waals surface area contributed by atoms with Crippen molar-refractivity contribution in [3.63, 3.8) is 0 Å². The van der Waals surface area contributed by atoms with Gasteiger partial charge in [-0.05, 0) is 33.9 Å². The fourth-order valence-electron chi connectivity index (χ4n) is 2.73. The summed E-state index contributed by atoms with van der Waals surface area (Å²) in [5, 5.41) is 0. The highest BCUT2D eigenvalue weighted by Gasteiger charge is 2.24. The third-order valence-corrected chi connectivity index (χ3v) is 3.66. The maximum absolute atomic E-state index is 2.43. The van der Waals surface area contributed by atoms with Gasteiger partial charge in [-0.1, -0.05) is 72.9 Å². The van der Waals surface area contributed by atoms with E-state index in [1.165, 1.54) is 5.46 Å². The van der Waals surface area contributed by atoms with E-state index in [1.807, 2.05) is 0 Å². The lowest BCUT2D eigenvalue weighted by molar-refractivity contribution is 0.564. The SMILES string of the molecule is CBc1cc(C(C)C)c(C(C)(C)C)c(C(C)C)c1. The molecule has 0 radical (unpaired) electrons. The van der Waals surface area contributed by atoms with Gasteiger partial charge >= 0.3 is 0 Å². The van der Waals surface area contributed by atoms with Gasteiger partial charge in [0.05, 0.1) is 0 Å². The van der Waals surface area contributed by atoms with Crippen LogP contribution in [0, 0.1) is 0 Å². The first kappa shape index (κ1) is 15.3. The van der Waals surface area contributed by atoms with Gasteiger partial charge in [-0.2, -0.15) is 0 Å². The molecule has 0 aliphatic heterocycles. The summed E-state index contributed by atoms with van der Waals surface area (Å²) in [6.45, 7) is 18.5. The van der Waals surface area contributed by atoms with E-state index in [0.29, 0.717) is 11.8 Å². The van der Waals surface area contributed by atoms with Gasteiger partial charge in [0.15, 0.2) is 7.28 Å². The maximum atomic E-state index is 2.43. The van der Waals surface area contributed by atoms with E-state index < -0.39 is 0 Å². The fourth-order valence-corrected chi connectivity index (χ4v) is 2.73. The zero-order valence-electron chi connectivity index (χ0n) is 13.5. The van der Waals surface area contributed by atoms with Crippen molar-refractivity contribution < 1.29 is 0 Å². The normalized spacial score (nSPS) is 12.3. The summed E-state index contributed by atoms with van der Waals surface area (Å²) in [7, 11) is 1.13. The lowest BCUT2D eigenvalue weighted by atomic mass is 9.67. The molecule has 1 rings (SSSR count). The Morgan fingerprint density at radius 2 is 1.28 bits per heavy atom. The van der Waals surface area contributed by atoms with Crippen molar-refractivity contribution in [3.8, 4) is 0 Å². The fraction of sp³-hybridized carbons (Fsp3) is 0.647. The Hall–Kier alpha value is -0.715. The number of benzene rings is 1. The molecular weight excluding hydrogens is 215 g/mol. The first-order chi connectivity index (χ1) is 8.18. The van der Waals surface area contributed by atoms with Crippen LogP contribution in [0.2, 0.25) is 6.82 Å². The summed E-state index contributed by atoms with van der Waals surface area (Å²) in [6.07, 6.45) is 0. The van der Waals surface area contributed by atoms with Gasteiger partial charge in [-0.25, -0.2) is 0 Å². The van der Waals surface area contributed by atoms with Crippen molar-refractivity contribution >= 4 is 12.7 Å². The van der Waals surface area contributed by atoms with Crippen molar-refractivity contribution in [1.82, 2.24) is 0 Å². The molecule has 18 heavy (non-hydrogen) atoms. The highest BCUT2D eigenvalue weighted by molar-refractivity contribution is 6.52. The van der Waals surface area contributed by atoms with Crippen LogP contribution in [-0.2, 0) is 5.41 Å². The van der Waals surface area contributed by atoms with Crippen molar-refractivity contribution in [2.45, 2.75) is 72.5 Å². The van der Waals surface area contributed by atoms with Crippen molar-refractivity contribution in [2.75, 3.05) is 0 Å². The molecule has 0 N–H and O–H groups in total. The Morgan fingerprint density at radius 3 is 1.50 bits per heavy atom. The van der Waals surface area contributed by atoms with E-state index in [1.54, 1.807) is 16.7 Å². The van der Waals surface area contributed by atoms with Gasteiger partial charge in [0.25, 0.3) is 0 Å². The predicted molar refractivity (Wildman–Crippen MR) is 86.0 cm³/mol. The molecule has 100 valence electrons. The average Bonchev–Trinajstić information content (AvgIpc) is 2.25. The lowest BCUT2D eigenvalue weighted by Gasteiger charge is -2.30. The summed E-state index contributed by atoms with van der Waals surface area (Å²) < 4.78 is 0. The first-order valence-electron chi connectivity index (χ1n) is 7.35. The van der Waals surface area contributed by atoms with Gasteiger partial charge in [0.1, 0.15) is 0 Å². The molecule has 0 saturated heterocycles. The number of hydrogen-bond acceptors (Lipinski definition) is 0. The monoisotopic (exact) mass is 244 g/mol. The standard InChI is InChI=1S/C17H29B/c1-11(2)14-9-13(18-8)10-15(12(3)4)16(14)17(5,6)7/h9-12,18H,1-8H3. The van der Waals surface area contributed by atoms with Gasteiger partial charge in [0, 0.05) is 0 Å². The molecular formula is C17H29B. The van der Waals surface area contributed by atoms with Crippen LogP contribution >= 0.6 is 0 Å². The van der Waals surface area contributed by atoms with Crippen LogP contribution in [0.25, 0.3) is 0 Å². The third-order valence-electron chi connectivity index (χ3n) is 3.66. The van der Waals surface area contributed by atoms with Gasteiger partial charge in [0.2, 0.25) is 0 Å². The Balaban J connectivity index is 3.61. The Bertz CT molecular complexity index is 379. The van der Waals surface area contributed by atoms with E-state index in [0.717, 1.165) is 7.28 Å². The number of hydrogen-bond donors (Lipinski definition) is 0. The molecule has 1 aromatic carbocycles. The second-order valence-corrected chi connectivity index (χ2v) is 7.06. The van der Waals surface area contributed by atoms with Crippen LogP contribution in [0.4, 0.5) is 0 Å². The first-order valence-corrected chi connectivity index (χ1v) is 7.35. The highest BCUT2D eigenvalue weighted by Crippen LogP contribution is 2.35. The molecule has 0 aliphatic rings. The molecule has 1 aromatic rings. The summed E-state index contributed by atoms with van der Waals surface area (Å²) in [5.74, 6) is 1.20. The van der Waals surface area contributed by atoms with Crippen LogP contribution in [-0.4, -0.2) is 7.28 Å². The van der Waals surface area contributed by atoms with E-state index in [9.17, 15) is 0 Å². The Labute approximate surface area is 114 Å². The largest absolute Gasteiger partial charge is 0.154 e. The summed E-state index contributed by atoms with van der Waals surface area (Å²) in [4.78, 5) is 0. The minimum absolute atomic E-state index is 0.228. The lowest BCUT2D eigenvalue weighted by Crippen LogP contribution is -2.23. The van der Waals surface area contributed by atoms with E-state index in [-0.39, 0.29) is 5.41 Å². The second kappa shape index (κ2) is 5.51. The Kier molecular flexibility index (Phi) is 4.69. The van der Waals surface area contributed by atoms with E-state index in [2.05, 4.69) is 67.4 Å². The minimum Gasteiger partial charge on any atom is -0.0849 e.